The summed E-state index contributed by atoms with van der Waals surface area (Å²) in [5.74, 6) is -0.342. The Balaban J connectivity index is 0.000000222. The summed E-state index contributed by atoms with van der Waals surface area (Å²) >= 11 is 0. The molecule has 0 unspecified atom stereocenters. The quantitative estimate of drug-likeness (QED) is 0.0781. The van der Waals surface area contributed by atoms with Crippen molar-refractivity contribution in [2.24, 2.45) is 0 Å². The fraction of sp³-hybridized carbons (Fsp3) is 0.0280. The maximum absolute atomic E-state index is 12.8. The van der Waals surface area contributed by atoms with Crippen molar-refractivity contribution in [3.05, 3.63) is 466 Å². The van der Waals surface area contributed by atoms with Crippen LogP contribution in [-0.2, 0) is 19.3 Å². The second-order valence-corrected chi connectivity index (χ2v) is 27.7. The van der Waals surface area contributed by atoms with Gasteiger partial charge in [0.15, 0.2) is 0 Å². The van der Waals surface area contributed by atoms with Crippen LogP contribution >= 0.6 is 0 Å². The first-order valence-electron chi connectivity index (χ1n) is 37.7. The van der Waals surface area contributed by atoms with Crippen molar-refractivity contribution in [3.63, 3.8) is 0 Å². The molecular weight excluding hydrogens is 1550 g/mol. The molecule has 0 fully saturated rings. The summed E-state index contributed by atoms with van der Waals surface area (Å²) < 4.78 is 0. The van der Waals surface area contributed by atoms with Gasteiger partial charge >= 0.3 is 243 Å². The average molecular weight is 1630 g/mol. The molecule has 16 aromatic carbocycles. The summed E-state index contributed by atoms with van der Waals surface area (Å²) in [7, 11) is 0. The van der Waals surface area contributed by atoms with E-state index in [4.69, 9.17) is 0 Å². The van der Waals surface area contributed by atoms with Gasteiger partial charge in [0.25, 0.3) is 0 Å². The predicted octanol–water partition coefficient (Wildman–Crippen LogP) is 4.98. The molecule has 0 aliphatic heterocycles. The standard InChI is InChI=1S/2C41H32O2.C25H20O2.4K.2Li/c2*42-40-25-23-36(34-19-15-32(16-20-34)13-11-30-7-3-1-4-8-30)27-38(40)29-39-28-37(24-26-41(39)43)35-21-17-33(18-22-35)14-12-31-9-5-2-6-10-31;26-24-13-11-20(18-7-3-1-4-8-18)15-22(24)17-23-16-21(12-14-25(23)27)19-9-5-2-6-10-19;;;;;;/h2*1-28,42-43H,29H2;1-16,26-27H,17H2;;;;;;/q;;;6*+1/p-6/b2*13-11+,14-12+;;;;;;;. The third-order valence-electron chi connectivity index (χ3n) is 19.8. The molecule has 0 radical (unpaired) electrons. The summed E-state index contributed by atoms with van der Waals surface area (Å²) in [5.41, 5.74) is 24.7. The Morgan fingerprint density at radius 1 is 0.143 bits per heavy atom. The third kappa shape index (κ3) is 28.5. The van der Waals surface area contributed by atoms with E-state index in [1.165, 1.54) is 0 Å². The molecule has 16 aromatic rings. The minimum Gasteiger partial charge on any atom is -0.872 e. The van der Waals surface area contributed by atoms with Crippen LogP contribution in [0.1, 0.15) is 77.9 Å². The van der Waals surface area contributed by atoms with Gasteiger partial charge in [-0.1, -0.05) is 470 Å². The van der Waals surface area contributed by atoms with Crippen LogP contribution in [0.15, 0.2) is 388 Å². The van der Waals surface area contributed by atoms with Gasteiger partial charge in [-0.3, -0.25) is 0 Å². The van der Waals surface area contributed by atoms with Crippen LogP contribution < -0.4 is 274 Å². The first-order chi connectivity index (χ1) is 55.4. The fourth-order valence-corrected chi connectivity index (χ4v) is 13.4. The largest absolute Gasteiger partial charge is 1.00 e. The Hall–Kier alpha value is -6.98. The van der Waals surface area contributed by atoms with Crippen molar-refractivity contribution in [2.45, 2.75) is 19.3 Å². The van der Waals surface area contributed by atoms with E-state index < -0.39 is 0 Å². The first-order valence-corrected chi connectivity index (χ1v) is 37.7. The SMILES string of the molecule is [K+].[K+].[K+].[K+].[Li+].[Li+].[O-]c1ccc(-c2ccc(/C=C/c3ccccc3)cc2)cc1Cc1cc(-c2ccc(/C=C/c3ccccc3)cc2)ccc1[O-].[O-]c1ccc(-c2ccc(/C=C/c3ccccc3)cc2)cc1Cc1cc(-c2ccc(/C=C/c3ccccc3)cc2)ccc1[O-].[O-]c1ccc(-c2ccccc2)cc1Cc1cc(-c2ccccc2)ccc1[O-]. The fourth-order valence-electron chi connectivity index (χ4n) is 13.4. The minimum absolute atomic E-state index is 0. The van der Waals surface area contributed by atoms with Crippen LogP contribution in [0.5, 0.6) is 34.5 Å². The average Bonchev–Trinajstić information content (AvgIpc) is 0.844. The van der Waals surface area contributed by atoms with E-state index in [-0.39, 0.29) is 291 Å². The van der Waals surface area contributed by atoms with Gasteiger partial charge in [-0.25, -0.2) is 0 Å². The molecule has 0 spiro atoms. The molecule has 548 valence electrons. The van der Waals surface area contributed by atoms with E-state index in [0.29, 0.717) is 39.8 Å². The van der Waals surface area contributed by atoms with Gasteiger partial charge in [0.2, 0.25) is 0 Å². The van der Waals surface area contributed by atoms with Gasteiger partial charge in [0, 0.05) is 0 Å². The maximum atomic E-state index is 12.8. The molecule has 0 heterocycles. The summed E-state index contributed by atoms with van der Waals surface area (Å²) in [6.07, 6.45) is 17.6. The van der Waals surface area contributed by atoms with E-state index in [0.717, 1.165) is 111 Å². The Morgan fingerprint density at radius 3 is 0.429 bits per heavy atom. The molecule has 0 aliphatic carbocycles. The molecule has 0 saturated heterocycles. The van der Waals surface area contributed by atoms with Crippen LogP contribution in [0.4, 0.5) is 0 Å². The van der Waals surface area contributed by atoms with Gasteiger partial charge in [0.05, 0.1) is 0 Å². The van der Waals surface area contributed by atoms with Crippen LogP contribution in [0.25, 0.3) is 115 Å². The van der Waals surface area contributed by atoms with E-state index in [2.05, 4.69) is 194 Å². The van der Waals surface area contributed by atoms with E-state index in [1.807, 2.05) is 206 Å². The monoisotopic (exact) mass is 1630 g/mol. The molecule has 0 amide bonds. The third-order valence-corrected chi connectivity index (χ3v) is 19.8. The van der Waals surface area contributed by atoms with E-state index in [9.17, 15) is 30.6 Å². The Kier molecular flexibility index (Phi) is 40.9. The topological polar surface area (TPSA) is 138 Å². The van der Waals surface area contributed by atoms with Crippen molar-refractivity contribution < 1.29 is 274 Å². The molecule has 0 aliphatic rings. The number of benzene rings is 16. The Morgan fingerprint density at radius 2 is 0.269 bits per heavy atom. The summed E-state index contributed by atoms with van der Waals surface area (Å²) in [5, 5.41) is 76.1. The maximum Gasteiger partial charge on any atom is 1.00 e. The summed E-state index contributed by atoms with van der Waals surface area (Å²) in [6.45, 7) is 0. The molecule has 12 heteroatoms. The molecule has 119 heavy (non-hydrogen) atoms. The Bertz CT molecular complexity index is 5330. The zero-order valence-corrected chi connectivity index (χ0v) is 80.6. The van der Waals surface area contributed by atoms with Crippen LogP contribution in [0.2, 0.25) is 0 Å². The molecule has 0 atom stereocenters. The first kappa shape index (κ1) is 97.5. The zero-order chi connectivity index (χ0) is 77.5. The van der Waals surface area contributed by atoms with Crippen molar-refractivity contribution in [3.8, 4) is 101 Å². The van der Waals surface area contributed by atoms with E-state index in [1.54, 1.807) is 36.4 Å². The number of hydrogen-bond acceptors (Lipinski definition) is 6. The van der Waals surface area contributed by atoms with Crippen molar-refractivity contribution in [1.82, 2.24) is 0 Å². The molecular formula is C107H78K4Li2O6. The minimum atomic E-state index is -0.0643. The Labute approximate surface area is 894 Å². The second kappa shape index (κ2) is 50.0. The van der Waals surface area contributed by atoms with Gasteiger partial charge in [-0.15, -0.1) is 34.5 Å². The molecule has 6 nitrogen and oxygen atoms in total. The van der Waals surface area contributed by atoms with Crippen LogP contribution in [0, 0.1) is 0 Å². The smallest absolute Gasteiger partial charge is 0.872 e. The second-order valence-electron chi connectivity index (χ2n) is 27.7. The molecule has 0 bridgehead atoms. The molecule has 0 N–H and O–H groups in total. The predicted molar refractivity (Wildman–Crippen MR) is 458 cm³/mol. The number of hydrogen-bond donors (Lipinski definition) is 0. The van der Waals surface area contributed by atoms with Crippen LogP contribution in [0.3, 0.4) is 0 Å². The normalized spacial score (nSPS) is 10.6. The van der Waals surface area contributed by atoms with Crippen molar-refractivity contribution >= 4 is 48.6 Å². The van der Waals surface area contributed by atoms with Crippen molar-refractivity contribution in [2.75, 3.05) is 0 Å². The molecule has 16 rings (SSSR count). The van der Waals surface area contributed by atoms with Crippen LogP contribution in [-0.4, -0.2) is 0 Å². The van der Waals surface area contributed by atoms with Gasteiger partial charge in [-0.05, 0) is 131 Å². The van der Waals surface area contributed by atoms with Gasteiger partial charge in [0.1, 0.15) is 0 Å². The summed E-state index contributed by atoms with van der Waals surface area (Å²) in [4.78, 5) is 0. The van der Waals surface area contributed by atoms with E-state index >= 15 is 0 Å². The molecule has 0 aromatic heterocycles. The molecule has 0 saturated carbocycles. The van der Waals surface area contributed by atoms with Crippen molar-refractivity contribution in [1.29, 1.82) is 0 Å². The zero-order valence-electron chi connectivity index (χ0n) is 68.1. The number of rotatable bonds is 20. The summed E-state index contributed by atoms with van der Waals surface area (Å²) in [6, 6.07) is 126. The van der Waals surface area contributed by atoms with Gasteiger partial charge in [-0.2, -0.15) is 0 Å². The van der Waals surface area contributed by atoms with Gasteiger partial charge < -0.3 is 30.6 Å².